The molecule has 8 nitrogen and oxygen atoms in total. The van der Waals surface area contributed by atoms with Crippen molar-refractivity contribution in [3.8, 4) is 6.07 Å². The smallest absolute Gasteiger partial charge is 0.414 e. The van der Waals surface area contributed by atoms with Gasteiger partial charge in [0.05, 0.1) is 16.9 Å². The number of ether oxygens (including phenoxy) is 2. The average Bonchev–Trinajstić information content (AvgIpc) is 3.43. The number of anilines is 2. The Labute approximate surface area is 286 Å². The summed E-state index contributed by atoms with van der Waals surface area (Å²) in [5.74, 6) is 0. The predicted octanol–water partition coefficient (Wildman–Crippen LogP) is 9.13. The maximum Gasteiger partial charge on any atom is 0.414 e. The van der Waals surface area contributed by atoms with Gasteiger partial charge in [-0.3, -0.25) is 14.8 Å². The third-order valence-electron chi connectivity index (χ3n) is 8.32. The SMILES string of the molecule is C=Cc1ccc2c(c1)C(C)(C)CN2C(=O)OC(C)(C)C.CC(C)(C)OC(=O)N1CC(C)(C)c2cc(CCc3cncc(C#N)c3)ccc21. The Morgan fingerprint density at radius 2 is 1.31 bits per heavy atom. The Morgan fingerprint density at radius 1 is 0.812 bits per heavy atom. The summed E-state index contributed by atoms with van der Waals surface area (Å²) >= 11 is 0. The largest absolute Gasteiger partial charge is 0.443 e. The lowest BCUT2D eigenvalue weighted by Gasteiger charge is -2.25. The zero-order chi connectivity index (χ0) is 35.7. The summed E-state index contributed by atoms with van der Waals surface area (Å²) in [5, 5.41) is 9.02. The molecule has 0 radical (unpaired) electrons. The normalized spacial score (nSPS) is 15.8. The van der Waals surface area contributed by atoms with Crippen LogP contribution in [0.2, 0.25) is 0 Å². The zero-order valence-electron chi connectivity index (χ0n) is 30.2. The van der Waals surface area contributed by atoms with Gasteiger partial charge in [-0.05, 0) is 106 Å². The highest BCUT2D eigenvalue weighted by Crippen LogP contribution is 2.43. The molecule has 254 valence electrons. The quantitative estimate of drug-likeness (QED) is 0.279. The van der Waals surface area contributed by atoms with Crippen LogP contribution in [-0.2, 0) is 33.1 Å². The number of carbonyl (C=O) groups excluding carboxylic acids is 2. The molecule has 0 saturated carbocycles. The van der Waals surface area contributed by atoms with Crippen LogP contribution in [0.15, 0.2) is 61.4 Å². The molecule has 0 N–H and O–H groups in total. The van der Waals surface area contributed by atoms with Gasteiger partial charge in [-0.2, -0.15) is 5.26 Å². The second-order valence-electron chi connectivity index (χ2n) is 15.9. The van der Waals surface area contributed by atoms with Gasteiger partial charge < -0.3 is 9.47 Å². The van der Waals surface area contributed by atoms with E-state index in [1.807, 2.05) is 78.1 Å². The van der Waals surface area contributed by atoms with Crippen LogP contribution in [-0.4, -0.2) is 41.5 Å². The van der Waals surface area contributed by atoms with Crippen molar-refractivity contribution in [2.24, 2.45) is 0 Å². The molecule has 2 amide bonds. The number of nitriles is 1. The minimum absolute atomic E-state index is 0.0781. The molecular weight excluding hydrogens is 600 g/mol. The Bertz CT molecular complexity index is 1740. The van der Waals surface area contributed by atoms with Crippen LogP contribution in [0.25, 0.3) is 6.08 Å². The number of rotatable bonds is 4. The first-order valence-corrected chi connectivity index (χ1v) is 16.5. The molecule has 5 rings (SSSR count). The molecule has 0 unspecified atom stereocenters. The predicted molar refractivity (Wildman–Crippen MR) is 193 cm³/mol. The number of carbonyl (C=O) groups is 2. The Morgan fingerprint density at radius 3 is 1.81 bits per heavy atom. The van der Waals surface area contributed by atoms with E-state index in [1.54, 1.807) is 16.0 Å². The van der Waals surface area contributed by atoms with Crippen molar-refractivity contribution in [3.63, 3.8) is 0 Å². The molecule has 48 heavy (non-hydrogen) atoms. The van der Waals surface area contributed by atoms with Crippen LogP contribution in [0, 0.1) is 11.3 Å². The van der Waals surface area contributed by atoms with E-state index < -0.39 is 11.2 Å². The number of pyridine rings is 1. The topological polar surface area (TPSA) is 95.8 Å². The molecule has 2 aliphatic heterocycles. The van der Waals surface area contributed by atoms with Crippen LogP contribution >= 0.6 is 0 Å². The summed E-state index contributed by atoms with van der Waals surface area (Å²) in [7, 11) is 0. The Balaban J connectivity index is 0.000000229. The molecule has 3 aromatic rings. The summed E-state index contributed by atoms with van der Waals surface area (Å²) < 4.78 is 11.1. The first-order valence-electron chi connectivity index (χ1n) is 16.5. The van der Waals surface area contributed by atoms with Gasteiger partial charge in [0.25, 0.3) is 0 Å². The second kappa shape index (κ2) is 13.5. The third-order valence-corrected chi connectivity index (χ3v) is 8.32. The van der Waals surface area contributed by atoms with Crippen molar-refractivity contribution >= 4 is 29.6 Å². The Hall–Kier alpha value is -4.64. The minimum Gasteiger partial charge on any atom is -0.443 e. The van der Waals surface area contributed by atoms with E-state index in [9.17, 15) is 9.59 Å². The molecule has 2 aliphatic rings. The number of hydrogen-bond donors (Lipinski definition) is 0. The van der Waals surface area contributed by atoms with E-state index in [1.165, 1.54) is 16.7 Å². The maximum atomic E-state index is 12.6. The van der Waals surface area contributed by atoms with Crippen molar-refractivity contribution in [2.75, 3.05) is 22.9 Å². The fourth-order valence-corrected chi connectivity index (χ4v) is 6.04. The van der Waals surface area contributed by atoms with Crippen molar-refractivity contribution in [3.05, 3.63) is 94.8 Å². The zero-order valence-corrected chi connectivity index (χ0v) is 30.2. The number of fused-ring (bicyclic) bond motifs is 2. The highest BCUT2D eigenvalue weighted by atomic mass is 16.6. The fourth-order valence-electron chi connectivity index (χ4n) is 6.04. The van der Waals surface area contributed by atoms with Crippen LogP contribution < -0.4 is 9.80 Å². The molecule has 0 fully saturated rings. The molecule has 3 heterocycles. The van der Waals surface area contributed by atoms with Gasteiger partial charge in [-0.1, -0.05) is 58.5 Å². The highest BCUT2D eigenvalue weighted by Gasteiger charge is 2.41. The summed E-state index contributed by atoms with van der Waals surface area (Å²) in [6.45, 7) is 24.9. The Kier molecular flexibility index (Phi) is 10.2. The van der Waals surface area contributed by atoms with Gasteiger partial charge in [-0.25, -0.2) is 9.59 Å². The van der Waals surface area contributed by atoms with E-state index >= 15 is 0 Å². The van der Waals surface area contributed by atoms with Crippen LogP contribution in [0.5, 0.6) is 0 Å². The van der Waals surface area contributed by atoms with Gasteiger partial charge in [0.15, 0.2) is 0 Å². The monoisotopic (exact) mass is 650 g/mol. The van der Waals surface area contributed by atoms with Crippen molar-refractivity contribution in [1.82, 2.24) is 4.98 Å². The van der Waals surface area contributed by atoms with Gasteiger partial charge in [0.1, 0.15) is 17.3 Å². The number of aryl methyl sites for hydroxylation is 2. The van der Waals surface area contributed by atoms with Crippen LogP contribution in [0.1, 0.15) is 103 Å². The number of benzene rings is 2. The average molecular weight is 651 g/mol. The lowest BCUT2D eigenvalue weighted by molar-refractivity contribution is 0.0568. The molecule has 0 spiro atoms. The van der Waals surface area contributed by atoms with E-state index in [2.05, 4.69) is 63.5 Å². The standard InChI is InChI=1S/C23H27N3O2.C17H23NO2/c1-22(2,3)28-21(27)26-15-23(4,5)19-11-16(8-9-20(19)26)6-7-17-10-18(12-24)14-25-13-17;1-7-12-8-9-14-13(10-12)17(5,6)11-18(14)15(19)20-16(2,3)4/h8-11,13-14H,6-7,15H2,1-5H3;7-10H,1,11H2,2-6H3. The van der Waals surface area contributed by atoms with Crippen molar-refractivity contribution in [2.45, 2.75) is 104 Å². The summed E-state index contributed by atoms with van der Waals surface area (Å²) in [4.78, 5) is 32.6. The maximum absolute atomic E-state index is 12.6. The third kappa shape index (κ3) is 8.63. The first-order chi connectivity index (χ1) is 22.2. The lowest BCUT2D eigenvalue weighted by atomic mass is 9.85. The number of hydrogen-bond acceptors (Lipinski definition) is 6. The van der Waals surface area contributed by atoms with Crippen molar-refractivity contribution in [1.29, 1.82) is 5.26 Å². The first kappa shape index (κ1) is 36.2. The number of nitrogens with zero attached hydrogens (tertiary/aromatic N) is 4. The van der Waals surface area contributed by atoms with Gasteiger partial charge in [-0.15, -0.1) is 0 Å². The summed E-state index contributed by atoms with van der Waals surface area (Å²) in [6, 6.07) is 16.4. The molecular formula is C40H50N4O4. The van der Waals surface area contributed by atoms with Crippen LogP contribution in [0.4, 0.5) is 21.0 Å². The molecule has 1 aromatic heterocycles. The number of aromatic nitrogens is 1. The number of amides is 2. The summed E-state index contributed by atoms with van der Waals surface area (Å²) in [5.41, 5.74) is 6.90. The minimum atomic E-state index is -0.518. The van der Waals surface area contributed by atoms with E-state index in [0.717, 1.165) is 35.3 Å². The van der Waals surface area contributed by atoms with E-state index in [0.29, 0.717) is 18.7 Å². The molecule has 0 aliphatic carbocycles. The van der Waals surface area contributed by atoms with Crippen molar-refractivity contribution < 1.29 is 19.1 Å². The second-order valence-corrected chi connectivity index (χ2v) is 15.9. The molecule has 2 aromatic carbocycles. The molecule has 8 heteroatoms. The highest BCUT2D eigenvalue weighted by molar-refractivity contribution is 5.92. The van der Waals surface area contributed by atoms with Crippen LogP contribution in [0.3, 0.4) is 0 Å². The van der Waals surface area contributed by atoms with Gasteiger partial charge in [0.2, 0.25) is 0 Å². The van der Waals surface area contributed by atoms with Gasteiger partial charge in [0, 0.05) is 36.3 Å². The van der Waals surface area contributed by atoms with E-state index in [-0.39, 0.29) is 23.0 Å². The van der Waals surface area contributed by atoms with Gasteiger partial charge >= 0.3 is 12.2 Å². The fraction of sp³-hybridized carbons (Fsp3) is 0.450. The van der Waals surface area contributed by atoms with E-state index in [4.69, 9.17) is 14.7 Å². The lowest BCUT2D eigenvalue weighted by Crippen LogP contribution is -2.38. The molecule has 0 bridgehead atoms. The summed E-state index contributed by atoms with van der Waals surface area (Å²) in [6.07, 6.45) is 6.30. The molecule has 0 atom stereocenters. The molecule has 0 saturated heterocycles.